The van der Waals surface area contributed by atoms with Crippen LogP contribution in [-0.4, -0.2) is 56.2 Å². The van der Waals surface area contributed by atoms with Crippen molar-refractivity contribution in [1.29, 1.82) is 0 Å². The molecule has 0 aromatic carbocycles. The Morgan fingerprint density at radius 3 is 2.64 bits per heavy atom. The molecule has 1 atom stereocenters. The SMILES string of the molecule is O=C(Cn1cc(C(=O)N2CCCC2C(=O)O)cn1)NC1CCCCC1. The summed E-state index contributed by atoms with van der Waals surface area (Å²) in [6.45, 7) is 0.495. The maximum atomic E-state index is 12.5. The Balaban J connectivity index is 1.57. The van der Waals surface area contributed by atoms with Gasteiger partial charge in [0, 0.05) is 18.8 Å². The molecule has 2 amide bonds. The van der Waals surface area contributed by atoms with Crippen molar-refractivity contribution in [3.63, 3.8) is 0 Å². The van der Waals surface area contributed by atoms with Gasteiger partial charge in [-0.2, -0.15) is 5.10 Å². The Morgan fingerprint density at radius 2 is 1.92 bits per heavy atom. The molecule has 8 nitrogen and oxygen atoms in total. The summed E-state index contributed by atoms with van der Waals surface area (Å²) in [6.07, 6.45) is 9.61. The van der Waals surface area contributed by atoms with Gasteiger partial charge in [0.05, 0.1) is 11.8 Å². The van der Waals surface area contributed by atoms with E-state index in [4.69, 9.17) is 0 Å². The lowest BCUT2D eigenvalue weighted by atomic mass is 9.95. The molecule has 0 bridgehead atoms. The summed E-state index contributed by atoms with van der Waals surface area (Å²) >= 11 is 0. The molecule has 1 aromatic heterocycles. The van der Waals surface area contributed by atoms with Gasteiger partial charge in [-0.15, -0.1) is 0 Å². The number of carbonyl (C=O) groups excluding carboxylic acids is 2. The Labute approximate surface area is 146 Å². The molecule has 2 heterocycles. The molecule has 0 spiro atoms. The summed E-state index contributed by atoms with van der Waals surface area (Å²) in [4.78, 5) is 37.2. The number of carbonyl (C=O) groups is 3. The number of hydrogen-bond donors (Lipinski definition) is 2. The van der Waals surface area contributed by atoms with Crippen molar-refractivity contribution in [3.8, 4) is 0 Å². The van der Waals surface area contributed by atoms with Crippen molar-refractivity contribution in [1.82, 2.24) is 20.0 Å². The maximum absolute atomic E-state index is 12.5. The normalized spacial score (nSPS) is 21.3. The topological polar surface area (TPSA) is 105 Å². The number of amides is 2. The minimum Gasteiger partial charge on any atom is -0.480 e. The Kier molecular flexibility index (Phi) is 5.35. The molecule has 0 radical (unpaired) electrons. The van der Waals surface area contributed by atoms with Crippen molar-refractivity contribution in [2.24, 2.45) is 0 Å². The molecule has 1 saturated heterocycles. The first-order valence-electron chi connectivity index (χ1n) is 8.90. The number of nitrogens with zero attached hydrogens (tertiary/aromatic N) is 3. The Morgan fingerprint density at radius 1 is 1.16 bits per heavy atom. The van der Waals surface area contributed by atoms with E-state index in [-0.39, 0.29) is 24.4 Å². The third kappa shape index (κ3) is 4.18. The second kappa shape index (κ2) is 7.67. The van der Waals surface area contributed by atoms with Crippen LogP contribution >= 0.6 is 0 Å². The molecule has 2 fully saturated rings. The van der Waals surface area contributed by atoms with Crippen LogP contribution in [0.5, 0.6) is 0 Å². The van der Waals surface area contributed by atoms with Gasteiger partial charge in [0.15, 0.2) is 0 Å². The van der Waals surface area contributed by atoms with Gasteiger partial charge in [0.1, 0.15) is 12.6 Å². The van der Waals surface area contributed by atoms with Crippen LogP contribution in [0.15, 0.2) is 12.4 Å². The quantitative estimate of drug-likeness (QED) is 0.827. The van der Waals surface area contributed by atoms with E-state index < -0.39 is 12.0 Å². The largest absolute Gasteiger partial charge is 0.480 e. The molecule has 3 rings (SSSR count). The van der Waals surface area contributed by atoms with E-state index in [1.54, 1.807) is 0 Å². The third-order valence-corrected chi connectivity index (χ3v) is 4.95. The molecule has 1 aliphatic carbocycles. The van der Waals surface area contributed by atoms with E-state index in [1.165, 1.54) is 28.4 Å². The first-order valence-corrected chi connectivity index (χ1v) is 8.90. The summed E-state index contributed by atoms with van der Waals surface area (Å²) in [5, 5.41) is 16.3. The van der Waals surface area contributed by atoms with Crippen molar-refractivity contribution >= 4 is 17.8 Å². The standard InChI is InChI=1S/C17H24N4O4/c22-15(19-13-5-2-1-3-6-13)11-20-10-12(9-18-20)16(23)21-8-4-7-14(21)17(24)25/h9-10,13-14H,1-8,11H2,(H,19,22)(H,24,25). The molecular formula is C17H24N4O4. The van der Waals surface area contributed by atoms with Crippen LogP contribution in [-0.2, 0) is 16.1 Å². The van der Waals surface area contributed by atoms with Gasteiger partial charge in [0.25, 0.3) is 5.91 Å². The van der Waals surface area contributed by atoms with E-state index in [0.29, 0.717) is 24.9 Å². The number of rotatable bonds is 5. The van der Waals surface area contributed by atoms with E-state index in [2.05, 4.69) is 10.4 Å². The van der Waals surface area contributed by atoms with Gasteiger partial charge >= 0.3 is 5.97 Å². The zero-order valence-corrected chi connectivity index (χ0v) is 14.2. The van der Waals surface area contributed by atoms with Crippen molar-refractivity contribution < 1.29 is 19.5 Å². The molecule has 1 unspecified atom stereocenters. The van der Waals surface area contributed by atoms with Gasteiger partial charge < -0.3 is 15.3 Å². The van der Waals surface area contributed by atoms with Gasteiger partial charge in [0.2, 0.25) is 5.91 Å². The highest BCUT2D eigenvalue weighted by Gasteiger charge is 2.34. The molecule has 25 heavy (non-hydrogen) atoms. The fourth-order valence-corrected chi connectivity index (χ4v) is 3.66. The third-order valence-electron chi connectivity index (χ3n) is 4.95. The highest BCUT2D eigenvalue weighted by atomic mass is 16.4. The van der Waals surface area contributed by atoms with Crippen LogP contribution in [0.25, 0.3) is 0 Å². The smallest absolute Gasteiger partial charge is 0.326 e. The highest BCUT2D eigenvalue weighted by Crippen LogP contribution is 2.20. The van der Waals surface area contributed by atoms with E-state index >= 15 is 0 Å². The second-order valence-electron chi connectivity index (χ2n) is 6.82. The Bertz CT molecular complexity index is 651. The van der Waals surface area contributed by atoms with Crippen LogP contribution in [0.2, 0.25) is 0 Å². The first kappa shape index (κ1) is 17.4. The van der Waals surface area contributed by atoms with Crippen LogP contribution in [0.1, 0.15) is 55.3 Å². The highest BCUT2D eigenvalue weighted by molar-refractivity contribution is 5.96. The molecule has 8 heteroatoms. The van der Waals surface area contributed by atoms with E-state index in [1.807, 2.05) is 0 Å². The number of hydrogen-bond acceptors (Lipinski definition) is 4. The summed E-state index contributed by atoms with van der Waals surface area (Å²) in [7, 11) is 0. The van der Waals surface area contributed by atoms with Gasteiger partial charge in [-0.05, 0) is 25.7 Å². The fourth-order valence-electron chi connectivity index (χ4n) is 3.66. The number of carboxylic acids is 1. The van der Waals surface area contributed by atoms with Crippen molar-refractivity contribution in [3.05, 3.63) is 18.0 Å². The summed E-state index contributed by atoms with van der Waals surface area (Å²) in [5.41, 5.74) is 0.318. The zero-order valence-electron chi connectivity index (χ0n) is 14.2. The lowest BCUT2D eigenvalue weighted by Crippen LogP contribution is -2.40. The number of aromatic nitrogens is 2. The molecule has 136 valence electrons. The van der Waals surface area contributed by atoms with Gasteiger partial charge in [-0.25, -0.2) is 4.79 Å². The molecule has 1 aliphatic heterocycles. The average molecular weight is 348 g/mol. The maximum Gasteiger partial charge on any atom is 0.326 e. The second-order valence-corrected chi connectivity index (χ2v) is 6.82. The van der Waals surface area contributed by atoms with Crippen LogP contribution < -0.4 is 5.32 Å². The minimum absolute atomic E-state index is 0.0616. The van der Waals surface area contributed by atoms with Crippen LogP contribution in [0.3, 0.4) is 0 Å². The first-order chi connectivity index (χ1) is 12.0. The molecule has 2 aliphatic rings. The predicted octanol–water partition coefficient (Wildman–Crippen LogP) is 1.02. The van der Waals surface area contributed by atoms with Crippen molar-refractivity contribution in [2.75, 3.05) is 6.54 Å². The summed E-state index contributed by atoms with van der Waals surface area (Å²) in [6, 6.07) is -0.538. The van der Waals surface area contributed by atoms with E-state index in [0.717, 1.165) is 25.7 Å². The Hall–Kier alpha value is -2.38. The van der Waals surface area contributed by atoms with Gasteiger partial charge in [-0.1, -0.05) is 19.3 Å². The molecule has 1 aromatic rings. The van der Waals surface area contributed by atoms with Crippen molar-refractivity contribution in [2.45, 2.75) is 63.6 Å². The number of carboxylic acid groups (broad SMARTS) is 1. The lowest BCUT2D eigenvalue weighted by molar-refractivity contribution is -0.141. The summed E-state index contributed by atoms with van der Waals surface area (Å²) in [5.74, 6) is -1.44. The van der Waals surface area contributed by atoms with E-state index in [9.17, 15) is 19.5 Å². The minimum atomic E-state index is -0.981. The number of nitrogens with one attached hydrogen (secondary N) is 1. The van der Waals surface area contributed by atoms with Crippen LogP contribution in [0, 0.1) is 0 Å². The lowest BCUT2D eigenvalue weighted by Gasteiger charge is -2.22. The zero-order chi connectivity index (χ0) is 17.8. The predicted molar refractivity (Wildman–Crippen MR) is 88.9 cm³/mol. The monoisotopic (exact) mass is 348 g/mol. The molecule has 1 saturated carbocycles. The molecular weight excluding hydrogens is 324 g/mol. The average Bonchev–Trinajstić information content (AvgIpc) is 3.24. The fraction of sp³-hybridized carbons (Fsp3) is 0.647. The number of likely N-dealkylation sites (tertiary alicyclic amines) is 1. The number of aliphatic carboxylic acids is 1. The van der Waals surface area contributed by atoms with Crippen LogP contribution in [0.4, 0.5) is 0 Å². The molecule has 2 N–H and O–H groups in total. The summed E-state index contributed by atoms with van der Waals surface area (Å²) < 4.78 is 1.43. The van der Waals surface area contributed by atoms with Gasteiger partial charge in [-0.3, -0.25) is 14.3 Å².